The molecule has 1 amide bonds. The summed E-state index contributed by atoms with van der Waals surface area (Å²) in [6.45, 7) is 3.59. The number of nitrogens with one attached hydrogen (secondary N) is 1. The molecule has 7 heteroatoms. The maximum absolute atomic E-state index is 11.5. The van der Waals surface area contributed by atoms with E-state index in [9.17, 15) is 4.79 Å². The topological polar surface area (TPSA) is 76.6 Å². The first-order valence-corrected chi connectivity index (χ1v) is 9.71. The highest BCUT2D eigenvalue weighted by Gasteiger charge is 2.52. The molecule has 2 fully saturated rings. The summed E-state index contributed by atoms with van der Waals surface area (Å²) >= 11 is 0. The predicted octanol–water partition coefficient (Wildman–Crippen LogP) is 2.88. The largest absolute Gasteiger partial charge is 0.378 e. The molecule has 5 rings (SSSR count). The highest BCUT2D eigenvalue weighted by atomic mass is 16.5. The van der Waals surface area contributed by atoms with Crippen LogP contribution in [-0.4, -0.2) is 42.7 Å². The fourth-order valence-corrected chi connectivity index (χ4v) is 4.42. The first-order valence-electron chi connectivity index (χ1n) is 9.71. The van der Waals surface area contributed by atoms with E-state index in [1.807, 2.05) is 30.5 Å². The Bertz CT molecular complexity index is 935. The number of hydrogen-bond acceptors (Lipinski definition) is 6. The van der Waals surface area contributed by atoms with Gasteiger partial charge in [0.2, 0.25) is 5.91 Å². The van der Waals surface area contributed by atoms with Gasteiger partial charge < -0.3 is 19.7 Å². The SMILES string of the molecule is COC1(c2cccc(N3CC4(CC4)c4cnc(NC(C)=O)cc43)n2)CCOC1. The molecule has 2 aliphatic heterocycles. The summed E-state index contributed by atoms with van der Waals surface area (Å²) in [5, 5.41) is 2.79. The van der Waals surface area contributed by atoms with Gasteiger partial charge in [-0.25, -0.2) is 9.97 Å². The minimum Gasteiger partial charge on any atom is -0.378 e. The van der Waals surface area contributed by atoms with Crippen LogP contribution in [0.15, 0.2) is 30.5 Å². The molecule has 0 aromatic carbocycles. The molecule has 0 radical (unpaired) electrons. The highest BCUT2D eigenvalue weighted by molar-refractivity contribution is 5.89. The monoisotopic (exact) mass is 380 g/mol. The third-order valence-corrected chi connectivity index (χ3v) is 6.22. The van der Waals surface area contributed by atoms with Crippen molar-refractivity contribution in [2.75, 3.05) is 37.1 Å². The molecular weight excluding hydrogens is 356 g/mol. The molecule has 2 aromatic rings. The van der Waals surface area contributed by atoms with Gasteiger partial charge in [0, 0.05) is 56.8 Å². The van der Waals surface area contributed by atoms with Crippen LogP contribution in [0.1, 0.15) is 37.4 Å². The van der Waals surface area contributed by atoms with Gasteiger partial charge >= 0.3 is 0 Å². The summed E-state index contributed by atoms with van der Waals surface area (Å²) in [7, 11) is 1.72. The number of amides is 1. The van der Waals surface area contributed by atoms with Gasteiger partial charge in [-0.1, -0.05) is 6.07 Å². The van der Waals surface area contributed by atoms with Crippen molar-refractivity contribution in [3.8, 4) is 0 Å². The summed E-state index contributed by atoms with van der Waals surface area (Å²) in [4.78, 5) is 23.1. The van der Waals surface area contributed by atoms with E-state index in [1.54, 1.807) is 7.11 Å². The van der Waals surface area contributed by atoms with Crippen molar-refractivity contribution in [3.05, 3.63) is 41.7 Å². The summed E-state index contributed by atoms with van der Waals surface area (Å²) in [5.41, 5.74) is 2.92. The molecule has 0 bridgehead atoms. The molecule has 2 aromatic heterocycles. The molecule has 1 N–H and O–H groups in total. The van der Waals surface area contributed by atoms with Crippen LogP contribution in [0, 0.1) is 0 Å². The molecule has 1 spiro atoms. The van der Waals surface area contributed by atoms with Gasteiger partial charge in [-0.2, -0.15) is 0 Å². The number of hydrogen-bond donors (Lipinski definition) is 1. The van der Waals surface area contributed by atoms with Crippen LogP contribution in [0.25, 0.3) is 0 Å². The van der Waals surface area contributed by atoms with E-state index in [0.717, 1.165) is 43.0 Å². The second-order valence-corrected chi connectivity index (χ2v) is 8.02. The molecule has 7 nitrogen and oxygen atoms in total. The number of carbonyl (C=O) groups is 1. The van der Waals surface area contributed by atoms with E-state index in [4.69, 9.17) is 14.5 Å². The fraction of sp³-hybridized carbons (Fsp3) is 0.476. The molecule has 3 aliphatic rings. The lowest BCUT2D eigenvalue weighted by molar-refractivity contribution is -0.114. The Hall–Kier alpha value is -2.51. The van der Waals surface area contributed by atoms with Crippen molar-refractivity contribution >= 4 is 23.2 Å². The second-order valence-electron chi connectivity index (χ2n) is 8.02. The minimum absolute atomic E-state index is 0.124. The molecule has 1 atom stereocenters. The smallest absolute Gasteiger partial charge is 0.222 e. The number of pyridine rings is 2. The van der Waals surface area contributed by atoms with Crippen LogP contribution in [-0.2, 0) is 25.3 Å². The van der Waals surface area contributed by atoms with Crippen molar-refractivity contribution in [1.82, 2.24) is 9.97 Å². The van der Waals surface area contributed by atoms with Crippen LogP contribution in [0.5, 0.6) is 0 Å². The summed E-state index contributed by atoms with van der Waals surface area (Å²) < 4.78 is 11.4. The normalized spacial score (nSPS) is 24.4. The molecule has 1 unspecified atom stereocenters. The number of fused-ring (bicyclic) bond motifs is 2. The maximum atomic E-state index is 11.5. The summed E-state index contributed by atoms with van der Waals surface area (Å²) in [6, 6.07) is 8.04. The number of nitrogens with zero attached hydrogens (tertiary/aromatic N) is 3. The van der Waals surface area contributed by atoms with E-state index in [-0.39, 0.29) is 11.3 Å². The quantitative estimate of drug-likeness (QED) is 0.879. The standard InChI is InChI=1S/C21H24N4O3/c1-14(26)23-18-10-16-15(11-22-18)20(6-7-20)12-25(16)19-5-3-4-17(24-19)21(27-2)8-9-28-13-21/h3-5,10-11H,6-9,12-13H2,1-2H3,(H,22,23,26). The zero-order valence-corrected chi connectivity index (χ0v) is 16.2. The molecule has 1 saturated heterocycles. The average Bonchev–Trinajstić information content (AvgIpc) is 3.18. The zero-order valence-electron chi connectivity index (χ0n) is 16.2. The van der Waals surface area contributed by atoms with Gasteiger partial charge in [-0.3, -0.25) is 4.79 Å². The molecule has 4 heterocycles. The highest BCUT2D eigenvalue weighted by Crippen LogP contribution is 2.58. The zero-order chi connectivity index (χ0) is 19.4. The summed E-state index contributed by atoms with van der Waals surface area (Å²) in [6.07, 6.45) is 5.04. The number of carbonyl (C=O) groups excluding carboxylic acids is 1. The Labute approximate surface area is 164 Å². The van der Waals surface area contributed by atoms with E-state index in [1.165, 1.54) is 12.5 Å². The van der Waals surface area contributed by atoms with Crippen molar-refractivity contribution in [2.45, 2.75) is 37.2 Å². The number of methoxy groups -OCH3 is 1. The van der Waals surface area contributed by atoms with Gasteiger partial charge in [-0.15, -0.1) is 0 Å². The Balaban J connectivity index is 1.55. The van der Waals surface area contributed by atoms with Gasteiger partial charge in [-0.05, 0) is 25.0 Å². The minimum atomic E-state index is -0.477. The van der Waals surface area contributed by atoms with E-state index >= 15 is 0 Å². The number of aromatic nitrogens is 2. The van der Waals surface area contributed by atoms with Crippen LogP contribution in [0.2, 0.25) is 0 Å². The molecule has 146 valence electrons. The Morgan fingerprint density at radius 3 is 2.86 bits per heavy atom. The predicted molar refractivity (Wildman–Crippen MR) is 105 cm³/mol. The molecule has 1 saturated carbocycles. The number of ether oxygens (including phenoxy) is 2. The maximum Gasteiger partial charge on any atom is 0.222 e. The van der Waals surface area contributed by atoms with Crippen LogP contribution < -0.4 is 10.2 Å². The average molecular weight is 380 g/mol. The van der Waals surface area contributed by atoms with Gasteiger partial charge in [0.25, 0.3) is 0 Å². The lowest BCUT2D eigenvalue weighted by Crippen LogP contribution is -2.31. The lowest BCUT2D eigenvalue weighted by Gasteiger charge is -2.27. The van der Waals surface area contributed by atoms with E-state index < -0.39 is 5.60 Å². The van der Waals surface area contributed by atoms with Crippen LogP contribution >= 0.6 is 0 Å². The third-order valence-electron chi connectivity index (χ3n) is 6.22. The first kappa shape index (κ1) is 17.6. The molecule has 28 heavy (non-hydrogen) atoms. The van der Waals surface area contributed by atoms with Crippen molar-refractivity contribution in [2.24, 2.45) is 0 Å². The molecule has 1 aliphatic carbocycles. The van der Waals surface area contributed by atoms with Crippen molar-refractivity contribution in [3.63, 3.8) is 0 Å². The van der Waals surface area contributed by atoms with Crippen molar-refractivity contribution < 1.29 is 14.3 Å². The number of anilines is 3. The third kappa shape index (κ3) is 2.69. The Kier molecular flexibility index (Phi) is 3.93. The van der Waals surface area contributed by atoms with Gasteiger partial charge in [0.05, 0.1) is 18.0 Å². The van der Waals surface area contributed by atoms with Crippen LogP contribution in [0.3, 0.4) is 0 Å². The van der Waals surface area contributed by atoms with E-state index in [2.05, 4.69) is 15.2 Å². The van der Waals surface area contributed by atoms with Crippen molar-refractivity contribution in [1.29, 1.82) is 0 Å². The Morgan fingerprint density at radius 2 is 2.18 bits per heavy atom. The van der Waals surface area contributed by atoms with E-state index in [0.29, 0.717) is 19.0 Å². The first-order chi connectivity index (χ1) is 13.6. The number of rotatable bonds is 4. The Morgan fingerprint density at radius 1 is 1.32 bits per heavy atom. The van der Waals surface area contributed by atoms with Crippen LogP contribution in [0.4, 0.5) is 17.3 Å². The van der Waals surface area contributed by atoms with Gasteiger partial charge in [0.15, 0.2) is 0 Å². The van der Waals surface area contributed by atoms with Gasteiger partial charge in [0.1, 0.15) is 17.2 Å². The molecular formula is C21H24N4O3. The second kappa shape index (κ2) is 6.25. The fourth-order valence-electron chi connectivity index (χ4n) is 4.42. The lowest BCUT2D eigenvalue weighted by atomic mass is 9.98. The summed E-state index contributed by atoms with van der Waals surface area (Å²) in [5.74, 6) is 1.34.